The minimum Gasteiger partial charge on any atom is -0.372 e. The highest BCUT2D eigenvalue weighted by molar-refractivity contribution is 5.26. The largest absolute Gasteiger partial charge is 0.372 e. The highest BCUT2D eigenvalue weighted by Gasteiger charge is 2.26. The molecule has 1 aliphatic heterocycles. The number of aryl methyl sites for hydroxylation is 1. The number of rotatable bonds is 4. The maximum atomic E-state index is 5.79. The Morgan fingerprint density at radius 1 is 1.40 bits per heavy atom. The van der Waals surface area contributed by atoms with Crippen molar-refractivity contribution in [2.75, 3.05) is 6.61 Å². The smallest absolute Gasteiger partial charge is 0.102 e. The maximum Gasteiger partial charge on any atom is 0.102 e. The summed E-state index contributed by atoms with van der Waals surface area (Å²) in [6.07, 6.45) is 2.20. The van der Waals surface area contributed by atoms with Gasteiger partial charge in [-0.25, -0.2) is 4.68 Å². The summed E-state index contributed by atoms with van der Waals surface area (Å²) in [5.74, 6) is 0. The van der Waals surface area contributed by atoms with Crippen LogP contribution in [0.4, 0.5) is 0 Å². The quantitative estimate of drug-likeness (QED) is 0.923. The fourth-order valence-corrected chi connectivity index (χ4v) is 2.71. The molecule has 1 aromatic heterocycles. The maximum absolute atomic E-state index is 5.79. The monoisotopic (exact) mass is 272 g/mol. The number of hydrogen-bond donors (Lipinski definition) is 1. The average molecular weight is 272 g/mol. The zero-order valence-corrected chi connectivity index (χ0v) is 11.7. The van der Waals surface area contributed by atoms with Crippen LogP contribution in [0.25, 0.3) is 0 Å². The van der Waals surface area contributed by atoms with Gasteiger partial charge in [0.05, 0.1) is 12.2 Å². The van der Waals surface area contributed by atoms with Gasteiger partial charge in [-0.3, -0.25) is 0 Å². The summed E-state index contributed by atoms with van der Waals surface area (Å²) in [5.41, 5.74) is 10.2. The van der Waals surface area contributed by atoms with E-state index < -0.39 is 0 Å². The lowest BCUT2D eigenvalue weighted by atomic mass is 10.1. The van der Waals surface area contributed by atoms with Gasteiger partial charge in [-0.2, -0.15) is 0 Å². The van der Waals surface area contributed by atoms with E-state index in [2.05, 4.69) is 35.4 Å². The van der Waals surface area contributed by atoms with Crippen molar-refractivity contribution in [1.29, 1.82) is 0 Å². The van der Waals surface area contributed by atoms with Gasteiger partial charge in [-0.15, -0.1) is 5.10 Å². The zero-order chi connectivity index (χ0) is 13.9. The Morgan fingerprint density at radius 3 is 2.95 bits per heavy atom. The molecule has 0 radical (unpaired) electrons. The Morgan fingerprint density at radius 2 is 2.25 bits per heavy atom. The molecule has 0 aliphatic carbocycles. The van der Waals surface area contributed by atoms with E-state index in [0.717, 1.165) is 37.4 Å². The highest BCUT2D eigenvalue weighted by atomic mass is 16.5. The van der Waals surface area contributed by atoms with E-state index in [0.29, 0.717) is 6.54 Å². The van der Waals surface area contributed by atoms with Crippen LogP contribution in [0.5, 0.6) is 0 Å². The molecule has 0 amide bonds. The van der Waals surface area contributed by atoms with Crippen LogP contribution in [0.15, 0.2) is 24.3 Å². The average Bonchev–Trinajstić information content (AvgIpc) is 3.09. The Labute approximate surface area is 118 Å². The molecular weight excluding hydrogens is 252 g/mol. The third-order valence-corrected chi connectivity index (χ3v) is 3.86. The predicted molar refractivity (Wildman–Crippen MR) is 76.1 cm³/mol. The van der Waals surface area contributed by atoms with Crippen molar-refractivity contribution in [3.05, 3.63) is 46.8 Å². The molecule has 2 aromatic rings. The molecule has 1 fully saturated rings. The standard InChI is InChI=1S/C15H20N4O/c1-11-5-2-3-6-12(11)10-19-15(13(9-16)17-18-19)14-7-4-8-20-14/h2-3,5-6,14H,4,7-10,16H2,1H3. The SMILES string of the molecule is Cc1ccccc1Cn1nnc(CN)c1C1CCCO1. The lowest BCUT2D eigenvalue weighted by Crippen LogP contribution is -2.13. The molecule has 3 rings (SSSR count). The van der Waals surface area contributed by atoms with E-state index in [1.54, 1.807) is 0 Å². The number of nitrogens with zero attached hydrogens (tertiary/aromatic N) is 3. The van der Waals surface area contributed by atoms with Crippen molar-refractivity contribution >= 4 is 0 Å². The summed E-state index contributed by atoms with van der Waals surface area (Å²) in [4.78, 5) is 0. The Hall–Kier alpha value is -1.72. The Kier molecular flexibility index (Phi) is 3.80. The Balaban J connectivity index is 1.93. The van der Waals surface area contributed by atoms with Crippen molar-refractivity contribution < 1.29 is 4.74 Å². The molecule has 0 bridgehead atoms. The molecule has 1 saturated heterocycles. The first-order chi connectivity index (χ1) is 9.79. The number of aromatic nitrogens is 3. The summed E-state index contributed by atoms with van der Waals surface area (Å²) in [5, 5.41) is 8.49. The van der Waals surface area contributed by atoms with E-state index in [1.807, 2.05) is 10.7 Å². The first-order valence-corrected chi connectivity index (χ1v) is 7.08. The first-order valence-electron chi connectivity index (χ1n) is 7.08. The number of hydrogen-bond acceptors (Lipinski definition) is 4. The van der Waals surface area contributed by atoms with E-state index >= 15 is 0 Å². The molecule has 106 valence electrons. The molecule has 1 unspecified atom stereocenters. The van der Waals surface area contributed by atoms with Crippen LogP contribution < -0.4 is 5.73 Å². The molecule has 0 spiro atoms. The molecule has 5 nitrogen and oxygen atoms in total. The van der Waals surface area contributed by atoms with Gasteiger partial charge in [0, 0.05) is 13.2 Å². The van der Waals surface area contributed by atoms with Crippen LogP contribution in [0, 0.1) is 6.92 Å². The third-order valence-electron chi connectivity index (χ3n) is 3.86. The van der Waals surface area contributed by atoms with E-state index in [-0.39, 0.29) is 6.10 Å². The van der Waals surface area contributed by atoms with Crippen LogP contribution in [0.1, 0.15) is 41.5 Å². The second-order valence-electron chi connectivity index (χ2n) is 5.21. The van der Waals surface area contributed by atoms with Crippen LogP contribution in [-0.2, 0) is 17.8 Å². The normalized spacial score (nSPS) is 18.6. The molecule has 2 heterocycles. The van der Waals surface area contributed by atoms with Gasteiger partial charge in [0.25, 0.3) is 0 Å². The molecular formula is C15H20N4O. The number of nitrogens with two attached hydrogens (primary N) is 1. The van der Waals surface area contributed by atoms with Crippen molar-refractivity contribution in [2.24, 2.45) is 5.73 Å². The summed E-state index contributed by atoms with van der Waals surface area (Å²) in [6, 6.07) is 8.33. The van der Waals surface area contributed by atoms with Crippen LogP contribution in [0.3, 0.4) is 0 Å². The molecule has 20 heavy (non-hydrogen) atoms. The predicted octanol–water partition coefficient (Wildman–Crippen LogP) is 1.95. The second kappa shape index (κ2) is 5.73. The van der Waals surface area contributed by atoms with Crippen LogP contribution in [-0.4, -0.2) is 21.6 Å². The van der Waals surface area contributed by atoms with E-state index in [9.17, 15) is 0 Å². The van der Waals surface area contributed by atoms with Crippen molar-refractivity contribution in [2.45, 2.75) is 39.0 Å². The third kappa shape index (κ3) is 2.46. The highest BCUT2D eigenvalue weighted by Crippen LogP contribution is 2.30. The topological polar surface area (TPSA) is 66.0 Å². The minimum absolute atomic E-state index is 0.0903. The first kappa shape index (κ1) is 13.3. The minimum atomic E-state index is 0.0903. The van der Waals surface area contributed by atoms with Gasteiger partial charge >= 0.3 is 0 Å². The molecule has 1 aromatic carbocycles. The van der Waals surface area contributed by atoms with E-state index in [4.69, 9.17) is 10.5 Å². The summed E-state index contributed by atoms with van der Waals surface area (Å²) in [7, 11) is 0. The van der Waals surface area contributed by atoms with Gasteiger partial charge < -0.3 is 10.5 Å². The summed E-state index contributed by atoms with van der Waals surface area (Å²) >= 11 is 0. The Bertz CT molecular complexity index is 587. The molecule has 0 saturated carbocycles. The molecule has 1 aliphatic rings. The number of ether oxygens (including phenoxy) is 1. The van der Waals surface area contributed by atoms with Gasteiger partial charge in [-0.1, -0.05) is 29.5 Å². The van der Waals surface area contributed by atoms with Gasteiger partial charge in [0.15, 0.2) is 0 Å². The van der Waals surface area contributed by atoms with Crippen molar-refractivity contribution in [3.8, 4) is 0 Å². The van der Waals surface area contributed by atoms with Crippen molar-refractivity contribution in [1.82, 2.24) is 15.0 Å². The summed E-state index contributed by atoms with van der Waals surface area (Å²) in [6.45, 7) is 4.05. The molecule has 1 atom stereocenters. The zero-order valence-electron chi connectivity index (χ0n) is 11.7. The fraction of sp³-hybridized carbons (Fsp3) is 0.467. The summed E-state index contributed by atoms with van der Waals surface area (Å²) < 4.78 is 7.74. The second-order valence-corrected chi connectivity index (χ2v) is 5.21. The lowest BCUT2D eigenvalue weighted by molar-refractivity contribution is 0.104. The van der Waals surface area contributed by atoms with Crippen LogP contribution in [0.2, 0.25) is 0 Å². The van der Waals surface area contributed by atoms with Gasteiger partial charge in [0.2, 0.25) is 0 Å². The molecule has 2 N–H and O–H groups in total. The van der Waals surface area contributed by atoms with Crippen molar-refractivity contribution in [3.63, 3.8) is 0 Å². The lowest BCUT2D eigenvalue weighted by Gasteiger charge is -2.14. The fourth-order valence-electron chi connectivity index (χ4n) is 2.71. The van der Waals surface area contributed by atoms with Gasteiger partial charge in [0.1, 0.15) is 11.8 Å². The van der Waals surface area contributed by atoms with Crippen LogP contribution >= 0.6 is 0 Å². The molecule has 5 heteroatoms. The van der Waals surface area contributed by atoms with E-state index in [1.165, 1.54) is 11.1 Å². The number of benzene rings is 1. The van der Waals surface area contributed by atoms with Gasteiger partial charge in [-0.05, 0) is 30.9 Å².